The molecule has 2 aromatic heterocycles. The molecular weight excluding hydrogens is 214 g/mol. The Morgan fingerprint density at radius 2 is 2.29 bits per heavy atom. The first-order valence-electron chi connectivity index (χ1n) is 5.96. The maximum absolute atomic E-state index is 4.64. The third-order valence-corrected chi connectivity index (χ3v) is 3.11. The Hall–Kier alpha value is -1.75. The van der Waals surface area contributed by atoms with Crippen molar-refractivity contribution in [1.29, 1.82) is 0 Å². The Morgan fingerprint density at radius 1 is 1.29 bits per heavy atom. The molecule has 2 N–H and O–H groups in total. The zero-order valence-corrected chi connectivity index (χ0v) is 9.56. The number of H-pyrrole nitrogens is 1. The summed E-state index contributed by atoms with van der Waals surface area (Å²) in [5, 5.41) is 3.40. The number of hydrogen-bond acceptors (Lipinski definition) is 4. The molecule has 1 aliphatic heterocycles. The first-order valence-corrected chi connectivity index (χ1v) is 5.96. The van der Waals surface area contributed by atoms with Gasteiger partial charge in [0, 0.05) is 31.1 Å². The molecular formula is C12H15N5. The summed E-state index contributed by atoms with van der Waals surface area (Å²) in [4.78, 5) is 16.2. The van der Waals surface area contributed by atoms with Crippen LogP contribution in [0.25, 0.3) is 11.5 Å². The summed E-state index contributed by atoms with van der Waals surface area (Å²) >= 11 is 0. The predicted octanol–water partition coefficient (Wildman–Crippen LogP) is 1.33. The van der Waals surface area contributed by atoms with Crippen LogP contribution in [0.5, 0.6) is 0 Å². The Bertz CT molecular complexity index is 473. The van der Waals surface area contributed by atoms with Gasteiger partial charge in [-0.3, -0.25) is 4.98 Å². The van der Waals surface area contributed by atoms with Crippen molar-refractivity contribution in [1.82, 2.24) is 25.3 Å². The first kappa shape index (κ1) is 10.4. The van der Waals surface area contributed by atoms with E-state index in [-0.39, 0.29) is 0 Å². The fourth-order valence-electron chi connectivity index (χ4n) is 2.20. The molecule has 88 valence electrons. The Morgan fingerprint density at radius 3 is 3.06 bits per heavy atom. The molecule has 0 unspecified atom stereocenters. The molecule has 17 heavy (non-hydrogen) atoms. The van der Waals surface area contributed by atoms with E-state index in [1.54, 1.807) is 18.6 Å². The Labute approximate surface area is 99.7 Å². The lowest BCUT2D eigenvalue weighted by Crippen LogP contribution is -2.28. The van der Waals surface area contributed by atoms with Gasteiger partial charge < -0.3 is 10.3 Å². The van der Waals surface area contributed by atoms with E-state index in [0.29, 0.717) is 5.92 Å². The second-order valence-corrected chi connectivity index (χ2v) is 4.31. The molecule has 1 saturated heterocycles. The average molecular weight is 229 g/mol. The van der Waals surface area contributed by atoms with E-state index in [9.17, 15) is 0 Å². The lowest BCUT2D eigenvalue weighted by Gasteiger charge is -2.22. The number of aromatic nitrogens is 4. The van der Waals surface area contributed by atoms with Crippen LogP contribution < -0.4 is 5.32 Å². The molecule has 0 bridgehead atoms. The number of hydrogen-bond donors (Lipinski definition) is 2. The smallest absolute Gasteiger partial charge is 0.157 e. The van der Waals surface area contributed by atoms with Gasteiger partial charge in [0.25, 0.3) is 0 Å². The summed E-state index contributed by atoms with van der Waals surface area (Å²) in [5.41, 5.74) is 1.88. The monoisotopic (exact) mass is 229 g/mol. The van der Waals surface area contributed by atoms with Crippen molar-refractivity contribution in [3.63, 3.8) is 0 Å². The highest BCUT2D eigenvalue weighted by Gasteiger charge is 2.17. The van der Waals surface area contributed by atoms with Gasteiger partial charge in [0.05, 0.1) is 11.9 Å². The first-order chi connectivity index (χ1) is 8.43. The van der Waals surface area contributed by atoms with Crippen LogP contribution in [-0.2, 0) is 0 Å². The van der Waals surface area contributed by atoms with Crippen molar-refractivity contribution in [2.45, 2.75) is 18.8 Å². The molecule has 0 amide bonds. The second-order valence-electron chi connectivity index (χ2n) is 4.31. The fraction of sp³-hybridized carbons (Fsp3) is 0.417. The van der Waals surface area contributed by atoms with Crippen molar-refractivity contribution in [2.24, 2.45) is 0 Å². The molecule has 2 aromatic rings. The minimum absolute atomic E-state index is 0.478. The summed E-state index contributed by atoms with van der Waals surface area (Å²) in [7, 11) is 0. The van der Waals surface area contributed by atoms with Gasteiger partial charge in [0.1, 0.15) is 5.69 Å². The SMILES string of the molecule is c1c[nH]c(-c2cncc([C@H]3CCCNC3)n2)n1. The van der Waals surface area contributed by atoms with Crippen molar-refractivity contribution in [3.05, 3.63) is 30.5 Å². The van der Waals surface area contributed by atoms with Gasteiger partial charge >= 0.3 is 0 Å². The lowest BCUT2D eigenvalue weighted by atomic mass is 9.96. The maximum atomic E-state index is 4.64. The minimum atomic E-state index is 0.478. The molecule has 1 fully saturated rings. The van der Waals surface area contributed by atoms with Gasteiger partial charge in [0.2, 0.25) is 0 Å². The average Bonchev–Trinajstić information content (AvgIpc) is 2.94. The van der Waals surface area contributed by atoms with Crippen LogP contribution >= 0.6 is 0 Å². The van der Waals surface area contributed by atoms with E-state index >= 15 is 0 Å². The van der Waals surface area contributed by atoms with Gasteiger partial charge in [-0.1, -0.05) is 0 Å². The molecule has 1 atom stereocenters. The van der Waals surface area contributed by atoms with Gasteiger partial charge in [-0.15, -0.1) is 0 Å². The lowest BCUT2D eigenvalue weighted by molar-refractivity contribution is 0.454. The molecule has 5 heteroatoms. The van der Waals surface area contributed by atoms with Crippen LogP contribution in [0.2, 0.25) is 0 Å². The van der Waals surface area contributed by atoms with Gasteiger partial charge in [-0.2, -0.15) is 0 Å². The van der Waals surface area contributed by atoms with Crippen molar-refractivity contribution in [3.8, 4) is 11.5 Å². The van der Waals surface area contributed by atoms with E-state index in [1.165, 1.54) is 12.8 Å². The topological polar surface area (TPSA) is 66.5 Å². The van der Waals surface area contributed by atoms with Crippen LogP contribution in [-0.4, -0.2) is 33.0 Å². The zero-order chi connectivity index (χ0) is 11.5. The summed E-state index contributed by atoms with van der Waals surface area (Å²) in [6, 6.07) is 0. The molecule has 3 rings (SSSR count). The molecule has 3 heterocycles. The summed E-state index contributed by atoms with van der Waals surface area (Å²) in [6.45, 7) is 2.11. The predicted molar refractivity (Wildman–Crippen MR) is 64.5 cm³/mol. The summed E-state index contributed by atoms with van der Waals surface area (Å²) in [5.74, 6) is 1.26. The fourth-order valence-corrected chi connectivity index (χ4v) is 2.20. The van der Waals surface area contributed by atoms with E-state index in [4.69, 9.17) is 0 Å². The largest absolute Gasteiger partial charge is 0.343 e. The molecule has 5 nitrogen and oxygen atoms in total. The van der Waals surface area contributed by atoms with Crippen molar-refractivity contribution >= 4 is 0 Å². The quantitative estimate of drug-likeness (QED) is 0.815. The van der Waals surface area contributed by atoms with E-state index < -0.39 is 0 Å². The number of imidazole rings is 1. The standard InChI is InChI=1S/C12H15N5/c1-2-9(6-13-3-1)10-7-14-8-11(17-10)12-15-4-5-16-12/h4-5,7-9,13H,1-3,6H2,(H,15,16)/t9-/m0/s1. The zero-order valence-electron chi connectivity index (χ0n) is 9.56. The van der Waals surface area contributed by atoms with Crippen LogP contribution in [0.15, 0.2) is 24.8 Å². The van der Waals surface area contributed by atoms with Gasteiger partial charge in [-0.25, -0.2) is 9.97 Å². The van der Waals surface area contributed by atoms with E-state index in [2.05, 4.69) is 25.3 Å². The van der Waals surface area contributed by atoms with Gasteiger partial charge in [-0.05, 0) is 19.4 Å². The number of nitrogens with one attached hydrogen (secondary N) is 2. The molecule has 0 aromatic carbocycles. The maximum Gasteiger partial charge on any atom is 0.157 e. The van der Waals surface area contributed by atoms with Crippen LogP contribution in [0.3, 0.4) is 0 Å². The Balaban J connectivity index is 1.88. The molecule has 0 aliphatic carbocycles. The highest BCUT2D eigenvalue weighted by atomic mass is 15.0. The van der Waals surface area contributed by atoms with E-state index in [0.717, 1.165) is 30.3 Å². The molecule has 0 spiro atoms. The number of rotatable bonds is 2. The third kappa shape index (κ3) is 2.19. The number of piperidine rings is 1. The Kier molecular flexibility index (Phi) is 2.83. The minimum Gasteiger partial charge on any atom is -0.343 e. The molecule has 0 radical (unpaired) electrons. The highest BCUT2D eigenvalue weighted by Crippen LogP contribution is 2.22. The summed E-state index contributed by atoms with van der Waals surface area (Å²) in [6.07, 6.45) is 9.53. The normalized spacial score (nSPS) is 20.4. The molecule has 1 aliphatic rings. The highest BCUT2D eigenvalue weighted by molar-refractivity contribution is 5.47. The third-order valence-electron chi connectivity index (χ3n) is 3.11. The van der Waals surface area contributed by atoms with Crippen molar-refractivity contribution in [2.75, 3.05) is 13.1 Å². The van der Waals surface area contributed by atoms with Crippen LogP contribution in [0, 0.1) is 0 Å². The number of aromatic amines is 1. The van der Waals surface area contributed by atoms with E-state index in [1.807, 2.05) is 6.20 Å². The molecule has 0 saturated carbocycles. The number of nitrogens with zero attached hydrogens (tertiary/aromatic N) is 3. The van der Waals surface area contributed by atoms with Crippen molar-refractivity contribution < 1.29 is 0 Å². The second kappa shape index (κ2) is 4.63. The summed E-state index contributed by atoms with van der Waals surface area (Å²) < 4.78 is 0. The van der Waals surface area contributed by atoms with Crippen LogP contribution in [0.4, 0.5) is 0 Å². The van der Waals surface area contributed by atoms with Gasteiger partial charge in [0.15, 0.2) is 5.82 Å². The van der Waals surface area contributed by atoms with Crippen LogP contribution in [0.1, 0.15) is 24.5 Å².